The Hall–Kier alpha value is -0.950. The molecule has 1 aliphatic rings. The van der Waals surface area contributed by atoms with Gasteiger partial charge in [-0.3, -0.25) is 0 Å². The van der Waals surface area contributed by atoms with Crippen LogP contribution in [0.4, 0.5) is 0 Å². The maximum absolute atomic E-state index is 12.9. The van der Waals surface area contributed by atoms with Crippen molar-refractivity contribution >= 4 is 10.0 Å². The van der Waals surface area contributed by atoms with E-state index in [0.717, 1.165) is 29.5 Å². The van der Waals surface area contributed by atoms with Gasteiger partial charge in [0.1, 0.15) is 0 Å². The van der Waals surface area contributed by atoms with E-state index in [1.807, 2.05) is 19.9 Å². The van der Waals surface area contributed by atoms with E-state index < -0.39 is 10.0 Å². The van der Waals surface area contributed by atoms with Gasteiger partial charge in [-0.25, -0.2) is 8.42 Å². The van der Waals surface area contributed by atoms with Crippen LogP contribution < -0.4 is 5.73 Å². The Labute approximate surface area is 127 Å². The molecule has 0 saturated heterocycles. The number of benzene rings is 1. The Kier molecular flexibility index (Phi) is 5.03. The summed E-state index contributed by atoms with van der Waals surface area (Å²) in [5.74, 6) is 0. The third-order valence-electron chi connectivity index (χ3n) is 3.91. The molecule has 0 heterocycles. The van der Waals surface area contributed by atoms with Crippen molar-refractivity contribution in [3.63, 3.8) is 0 Å². The maximum Gasteiger partial charge on any atom is 0.243 e. The van der Waals surface area contributed by atoms with E-state index in [1.165, 1.54) is 0 Å². The number of nitrogens with zero attached hydrogens (tertiary/aromatic N) is 1. The second-order valence-electron chi connectivity index (χ2n) is 5.59. The minimum Gasteiger partial charge on any atom is -0.383 e. The summed E-state index contributed by atoms with van der Waals surface area (Å²) < 4.78 is 32.5. The standard InChI is InChI=1S/C15H24N2O3S/c1-11-8-12(2)15(9-13(11)10-16)21(18,19)17(6-7-20-3)14-4-5-14/h8-9,14H,4-7,10,16H2,1-3H3. The monoisotopic (exact) mass is 312 g/mol. The highest BCUT2D eigenvalue weighted by molar-refractivity contribution is 7.89. The summed E-state index contributed by atoms with van der Waals surface area (Å²) in [7, 11) is -1.91. The average Bonchev–Trinajstić information content (AvgIpc) is 3.23. The van der Waals surface area contributed by atoms with Crippen molar-refractivity contribution in [3.05, 3.63) is 28.8 Å². The fourth-order valence-electron chi connectivity index (χ4n) is 2.54. The summed E-state index contributed by atoms with van der Waals surface area (Å²) in [6.45, 7) is 4.94. The second kappa shape index (κ2) is 6.44. The first-order chi connectivity index (χ1) is 9.91. The van der Waals surface area contributed by atoms with Crippen molar-refractivity contribution in [2.24, 2.45) is 5.73 Å². The molecular weight excluding hydrogens is 288 g/mol. The van der Waals surface area contributed by atoms with E-state index in [1.54, 1.807) is 17.5 Å². The van der Waals surface area contributed by atoms with E-state index in [4.69, 9.17) is 10.5 Å². The second-order valence-corrected chi connectivity index (χ2v) is 7.45. The molecular formula is C15H24N2O3S. The number of nitrogens with two attached hydrogens (primary N) is 1. The van der Waals surface area contributed by atoms with Crippen molar-refractivity contribution in [2.75, 3.05) is 20.3 Å². The molecule has 0 amide bonds. The fraction of sp³-hybridized carbons (Fsp3) is 0.600. The SMILES string of the molecule is COCCN(C1CC1)S(=O)(=O)c1cc(CN)c(C)cc1C. The Morgan fingerprint density at radius 3 is 2.48 bits per heavy atom. The molecule has 6 heteroatoms. The first-order valence-electron chi connectivity index (χ1n) is 7.22. The predicted octanol–water partition coefficient (Wildman–Crippen LogP) is 1.56. The molecule has 2 rings (SSSR count). The van der Waals surface area contributed by atoms with Crippen molar-refractivity contribution in [3.8, 4) is 0 Å². The number of rotatable bonds is 7. The highest BCUT2D eigenvalue weighted by Crippen LogP contribution is 2.33. The van der Waals surface area contributed by atoms with Gasteiger partial charge in [-0.1, -0.05) is 6.07 Å². The van der Waals surface area contributed by atoms with Gasteiger partial charge in [-0.15, -0.1) is 0 Å². The van der Waals surface area contributed by atoms with Crippen LogP contribution in [0.25, 0.3) is 0 Å². The first-order valence-corrected chi connectivity index (χ1v) is 8.66. The molecule has 1 aromatic carbocycles. The lowest BCUT2D eigenvalue weighted by Gasteiger charge is -2.23. The molecule has 1 aromatic rings. The molecule has 118 valence electrons. The highest BCUT2D eigenvalue weighted by Gasteiger charge is 2.38. The molecule has 0 aromatic heterocycles. The summed E-state index contributed by atoms with van der Waals surface area (Å²) in [6.07, 6.45) is 1.86. The van der Waals surface area contributed by atoms with Gasteiger partial charge in [0.05, 0.1) is 11.5 Å². The number of hydrogen-bond donors (Lipinski definition) is 1. The Bertz CT molecular complexity index is 610. The van der Waals surface area contributed by atoms with E-state index in [0.29, 0.717) is 24.6 Å². The molecule has 0 unspecified atom stereocenters. The van der Waals surface area contributed by atoms with Crippen LogP contribution >= 0.6 is 0 Å². The van der Waals surface area contributed by atoms with Gasteiger partial charge in [0.2, 0.25) is 10.0 Å². The summed E-state index contributed by atoms with van der Waals surface area (Å²) in [4.78, 5) is 0.372. The molecule has 0 aliphatic heterocycles. The first kappa shape index (κ1) is 16.4. The molecule has 0 radical (unpaired) electrons. The van der Waals surface area contributed by atoms with E-state index in [9.17, 15) is 8.42 Å². The number of aryl methyl sites for hydroxylation is 2. The fourth-order valence-corrected chi connectivity index (χ4v) is 4.47. The zero-order valence-electron chi connectivity index (χ0n) is 12.9. The summed E-state index contributed by atoms with van der Waals surface area (Å²) in [5, 5.41) is 0. The van der Waals surface area contributed by atoms with Gasteiger partial charge < -0.3 is 10.5 Å². The van der Waals surface area contributed by atoms with Gasteiger partial charge in [-0.05, 0) is 49.4 Å². The minimum atomic E-state index is -3.49. The quantitative estimate of drug-likeness (QED) is 0.829. The van der Waals surface area contributed by atoms with Gasteiger partial charge >= 0.3 is 0 Å². The number of hydrogen-bond acceptors (Lipinski definition) is 4. The Balaban J connectivity index is 2.41. The van der Waals surface area contributed by atoms with Crippen LogP contribution in [0.2, 0.25) is 0 Å². The molecule has 1 saturated carbocycles. The summed E-state index contributed by atoms with van der Waals surface area (Å²) in [6, 6.07) is 3.74. The maximum atomic E-state index is 12.9. The van der Waals surface area contributed by atoms with Gasteiger partial charge in [0, 0.05) is 26.2 Å². The molecule has 0 atom stereocenters. The zero-order valence-corrected chi connectivity index (χ0v) is 13.7. The minimum absolute atomic E-state index is 0.118. The summed E-state index contributed by atoms with van der Waals surface area (Å²) in [5.41, 5.74) is 8.39. The molecule has 1 fully saturated rings. The smallest absolute Gasteiger partial charge is 0.243 e. The predicted molar refractivity (Wildman–Crippen MR) is 82.6 cm³/mol. The molecule has 0 bridgehead atoms. The lowest BCUT2D eigenvalue weighted by molar-refractivity contribution is 0.177. The van der Waals surface area contributed by atoms with Crippen molar-refractivity contribution in [1.29, 1.82) is 0 Å². The normalized spacial score (nSPS) is 15.7. The van der Waals surface area contributed by atoms with Crippen molar-refractivity contribution < 1.29 is 13.2 Å². The van der Waals surface area contributed by atoms with Crippen LogP contribution in [-0.4, -0.2) is 39.0 Å². The Morgan fingerprint density at radius 1 is 1.29 bits per heavy atom. The van der Waals surface area contributed by atoms with Crippen molar-refractivity contribution in [2.45, 2.75) is 44.2 Å². The van der Waals surface area contributed by atoms with E-state index in [-0.39, 0.29) is 6.04 Å². The third kappa shape index (κ3) is 3.45. The van der Waals surface area contributed by atoms with E-state index in [2.05, 4.69) is 0 Å². The zero-order chi connectivity index (χ0) is 15.6. The van der Waals surface area contributed by atoms with Crippen LogP contribution in [0.15, 0.2) is 17.0 Å². The van der Waals surface area contributed by atoms with Crippen LogP contribution in [0.5, 0.6) is 0 Å². The van der Waals surface area contributed by atoms with Crippen LogP contribution in [-0.2, 0) is 21.3 Å². The van der Waals surface area contributed by atoms with Crippen LogP contribution in [0, 0.1) is 13.8 Å². The van der Waals surface area contributed by atoms with Gasteiger partial charge in [0.25, 0.3) is 0 Å². The molecule has 0 spiro atoms. The van der Waals surface area contributed by atoms with Gasteiger partial charge in [0.15, 0.2) is 0 Å². The highest BCUT2D eigenvalue weighted by atomic mass is 32.2. The Morgan fingerprint density at radius 2 is 1.95 bits per heavy atom. The molecule has 2 N–H and O–H groups in total. The molecule has 1 aliphatic carbocycles. The summed E-state index contributed by atoms with van der Waals surface area (Å²) >= 11 is 0. The van der Waals surface area contributed by atoms with Gasteiger partial charge in [-0.2, -0.15) is 4.31 Å². The molecule has 21 heavy (non-hydrogen) atoms. The lowest BCUT2D eigenvalue weighted by Crippen LogP contribution is -2.36. The molecule has 5 nitrogen and oxygen atoms in total. The number of ether oxygens (including phenoxy) is 1. The van der Waals surface area contributed by atoms with Crippen molar-refractivity contribution in [1.82, 2.24) is 4.31 Å². The lowest BCUT2D eigenvalue weighted by atomic mass is 10.1. The van der Waals surface area contributed by atoms with Crippen LogP contribution in [0.3, 0.4) is 0 Å². The third-order valence-corrected chi connectivity index (χ3v) is 6.00. The topological polar surface area (TPSA) is 72.6 Å². The number of methoxy groups -OCH3 is 1. The number of sulfonamides is 1. The average molecular weight is 312 g/mol. The largest absolute Gasteiger partial charge is 0.383 e. The van der Waals surface area contributed by atoms with Crippen LogP contribution in [0.1, 0.15) is 29.5 Å². The van der Waals surface area contributed by atoms with E-state index >= 15 is 0 Å².